The summed E-state index contributed by atoms with van der Waals surface area (Å²) in [5.41, 5.74) is 6.81. The van der Waals surface area contributed by atoms with Crippen molar-refractivity contribution in [2.75, 3.05) is 19.8 Å². The third kappa shape index (κ3) is 4.50. The summed E-state index contributed by atoms with van der Waals surface area (Å²) in [4.78, 5) is 12.0. The van der Waals surface area contributed by atoms with E-state index in [4.69, 9.17) is 22.7 Å². The van der Waals surface area contributed by atoms with Crippen LogP contribution in [0.2, 0.25) is 0 Å². The molecule has 0 saturated heterocycles. The van der Waals surface area contributed by atoms with Crippen LogP contribution in [0.5, 0.6) is 0 Å². The lowest BCUT2D eigenvalue weighted by atomic mass is 10.1. The van der Waals surface area contributed by atoms with Crippen molar-refractivity contribution in [3.8, 4) is 0 Å². The molecule has 5 heteroatoms. The first-order valence-corrected chi connectivity index (χ1v) is 5.81. The van der Waals surface area contributed by atoms with Crippen molar-refractivity contribution < 1.29 is 9.53 Å². The minimum absolute atomic E-state index is 0.126. The average Bonchev–Trinajstić information content (AvgIpc) is 2.34. The molecule has 0 aliphatic carbocycles. The molecule has 0 radical (unpaired) electrons. The molecule has 1 amide bonds. The molecule has 92 valence electrons. The minimum atomic E-state index is -0.126. The largest absolute Gasteiger partial charge is 0.389 e. The van der Waals surface area contributed by atoms with Crippen molar-refractivity contribution in [3.05, 3.63) is 35.4 Å². The molecule has 0 bridgehead atoms. The topological polar surface area (TPSA) is 64.3 Å². The summed E-state index contributed by atoms with van der Waals surface area (Å²) < 4.78 is 5.12. The summed E-state index contributed by atoms with van der Waals surface area (Å²) in [6.07, 6.45) is 0. The first-order chi connectivity index (χ1) is 8.15. The standard InChI is InChI=1S/C12H16N2O2S/c1-2-16-8-7-14-12(15)10-5-3-9(4-6-10)11(13)17/h3-6H,2,7-8H2,1H3,(H2,13,17)(H,14,15). The van der Waals surface area contributed by atoms with Crippen LogP contribution in [-0.4, -0.2) is 30.7 Å². The number of amides is 1. The molecule has 0 aliphatic heterocycles. The molecule has 0 fully saturated rings. The minimum Gasteiger partial charge on any atom is -0.389 e. The average molecular weight is 252 g/mol. The lowest BCUT2D eigenvalue weighted by Gasteiger charge is -2.05. The highest BCUT2D eigenvalue weighted by Crippen LogP contribution is 2.04. The van der Waals surface area contributed by atoms with Crippen LogP contribution in [0, 0.1) is 0 Å². The highest BCUT2D eigenvalue weighted by molar-refractivity contribution is 7.80. The molecule has 0 aliphatic rings. The Bertz CT molecular complexity index is 390. The maximum absolute atomic E-state index is 11.7. The molecular weight excluding hydrogens is 236 g/mol. The zero-order chi connectivity index (χ0) is 12.7. The fraction of sp³-hybridized carbons (Fsp3) is 0.333. The zero-order valence-corrected chi connectivity index (χ0v) is 10.5. The van der Waals surface area contributed by atoms with Crippen LogP contribution in [0.15, 0.2) is 24.3 Å². The second-order valence-electron chi connectivity index (χ2n) is 3.39. The quantitative estimate of drug-likeness (QED) is 0.587. The Morgan fingerprint density at radius 2 is 1.94 bits per heavy atom. The monoisotopic (exact) mass is 252 g/mol. The number of rotatable bonds is 6. The highest BCUT2D eigenvalue weighted by Gasteiger charge is 2.04. The van der Waals surface area contributed by atoms with E-state index in [2.05, 4.69) is 5.32 Å². The van der Waals surface area contributed by atoms with E-state index >= 15 is 0 Å². The molecule has 1 aromatic rings. The summed E-state index contributed by atoms with van der Waals surface area (Å²) in [5.74, 6) is -0.126. The maximum atomic E-state index is 11.7. The van der Waals surface area contributed by atoms with E-state index in [0.29, 0.717) is 30.3 Å². The van der Waals surface area contributed by atoms with Gasteiger partial charge in [-0.1, -0.05) is 24.4 Å². The third-order valence-electron chi connectivity index (χ3n) is 2.17. The second-order valence-corrected chi connectivity index (χ2v) is 3.83. The predicted octanol–water partition coefficient (Wildman–Crippen LogP) is 1.09. The van der Waals surface area contributed by atoms with E-state index in [9.17, 15) is 4.79 Å². The van der Waals surface area contributed by atoms with Gasteiger partial charge >= 0.3 is 0 Å². The van der Waals surface area contributed by atoms with Gasteiger partial charge in [-0.15, -0.1) is 0 Å². The molecule has 4 nitrogen and oxygen atoms in total. The van der Waals surface area contributed by atoms with Gasteiger partial charge in [0.25, 0.3) is 5.91 Å². The first kappa shape index (κ1) is 13.6. The SMILES string of the molecule is CCOCCNC(=O)c1ccc(C(N)=S)cc1. The Labute approximate surface area is 106 Å². The van der Waals surface area contributed by atoms with Gasteiger partial charge in [0.1, 0.15) is 4.99 Å². The number of carbonyl (C=O) groups is 1. The fourth-order valence-corrected chi connectivity index (χ4v) is 1.41. The van der Waals surface area contributed by atoms with Gasteiger partial charge in [-0.05, 0) is 19.1 Å². The summed E-state index contributed by atoms with van der Waals surface area (Å²) in [6.45, 7) is 3.59. The molecule has 1 rings (SSSR count). The van der Waals surface area contributed by atoms with Crippen LogP contribution >= 0.6 is 12.2 Å². The van der Waals surface area contributed by atoms with Crippen molar-refractivity contribution in [2.45, 2.75) is 6.92 Å². The lowest BCUT2D eigenvalue weighted by Crippen LogP contribution is -2.27. The second kappa shape index (κ2) is 6.98. The molecule has 0 heterocycles. The molecule has 0 saturated carbocycles. The van der Waals surface area contributed by atoms with Crippen LogP contribution in [0.3, 0.4) is 0 Å². The third-order valence-corrected chi connectivity index (χ3v) is 2.40. The normalized spacial score (nSPS) is 9.94. The Morgan fingerprint density at radius 3 is 2.47 bits per heavy atom. The summed E-state index contributed by atoms with van der Waals surface area (Å²) >= 11 is 4.83. The summed E-state index contributed by atoms with van der Waals surface area (Å²) in [5, 5.41) is 2.75. The highest BCUT2D eigenvalue weighted by atomic mass is 32.1. The van der Waals surface area contributed by atoms with Crippen molar-refractivity contribution in [3.63, 3.8) is 0 Å². The van der Waals surface area contributed by atoms with Gasteiger partial charge in [0, 0.05) is 24.3 Å². The van der Waals surface area contributed by atoms with Crippen molar-refractivity contribution >= 4 is 23.1 Å². The number of thiocarbonyl (C=S) groups is 1. The number of hydrogen-bond acceptors (Lipinski definition) is 3. The van der Waals surface area contributed by atoms with Crippen molar-refractivity contribution in [1.82, 2.24) is 5.32 Å². The molecule has 0 aromatic heterocycles. The molecule has 0 unspecified atom stereocenters. The number of hydrogen-bond donors (Lipinski definition) is 2. The van der Waals surface area contributed by atoms with Crippen LogP contribution in [0.4, 0.5) is 0 Å². The Kier molecular flexibility index (Phi) is 5.59. The number of ether oxygens (including phenoxy) is 1. The van der Waals surface area contributed by atoms with Crippen LogP contribution in [-0.2, 0) is 4.74 Å². The van der Waals surface area contributed by atoms with E-state index in [-0.39, 0.29) is 5.91 Å². The van der Waals surface area contributed by atoms with Crippen LogP contribution in [0.25, 0.3) is 0 Å². The van der Waals surface area contributed by atoms with Gasteiger partial charge in [-0.25, -0.2) is 0 Å². The predicted molar refractivity (Wildman–Crippen MR) is 71.2 cm³/mol. The molecule has 0 spiro atoms. The Hall–Kier alpha value is -1.46. The van der Waals surface area contributed by atoms with Gasteiger partial charge in [0.2, 0.25) is 0 Å². The molecule has 1 aromatic carbocycles. The van der Waals surface area contributed by atoms with E-state index in [1.165, 1.54) is 0 Å². The molecule has 3 N–H and O–H groups in total. The van der Waals surface area contributed by atoms with Crippen LogP contribution in [0.1, 0.15) is 22.8 Å². The maximum Gasteiger partial charge on any atom is 0.251 e. The van der Waals surface area contributed by atoms with E-state index < -0.39 is 0 Å². The summed E-state index contributed by atoms with van der Waals surface area (Å²) in [7, 11) is 0. The number of nitrogens with one attached hydrogen (secondary N) is 1. The van der Waals surface area contributed by atoms with Gasteiger partial charge in [0.05, 0.1) is 6.61 Å². The van der Waals surface area contributed by atoms with Gasteiger partial charge in [-0.3, -0.25) is 4.79 Å². The van der Waals surface area contributed by atoms with Crippen LogP contribution < -0.4 is 11.1 Å². The molecule has 17 heavy (non-hydrogen) atoms. The number of benzene rings is 1. The zero-order valence-electron chi connectivity index (χ0n) is 9.73. The van der Waals surface area contributed by atoms with Crippen molar-refractivity contribution in [1.29, 1.82) is 0 Å². The Balaban J connectivity index is 2.49. The van der Waals surface area contributed by atoms with E-state index in [1.54, 1.807) is 24.3 Å². The summed E-state index contributed by atoms with van der Waals surface area (Å²) in [6, 6.07) is 6.87. The number of nitrogens with two attached hydrogens (primary N) is 1. The lowest BCUT2D eigenvalue weighted by molar-refractivity contribution is 0.0922. The van der Waals surface area contributed by atoms with E-state index in [0.717, 1.165) is 5.56 Å². The smallest absolute Gasteiger partial charge is 0.251 e. The molecule has 0 atom stereocenters. The fourth-order valence-electron chi connectivity index (χ4n) is 1.27. The number of carbonyl (C=O) groups excluding carboxylic acids is 1. The molecular formula is C12H16N2O2S. The van der Waals surface area contributed by atoms with Crippen molar-refractivity contribution in [2.24, 2.45) is 5.73 Å². The first-order valence-electron chi connectivity index (χ1n) is 5.41. The van der Waals surface area contributed by atoms with Gasteiger partial charge < -0.3 is 15.8 Å². The van der Waals surface area contributed by atoms with E-state index in [1.807, 2.05) is 6.92 Å². The van der Waals surface area contributed by atoms with Gasteiger partial charge in [0.15, 0.2) is 0 Å². The Morgan fingerprint density at radius 1 is 1.35 bits per heavy atom. The van der Waals surface area contributed by atoms with Gasteiger partial charge in [-0.2, -0.15) is 0 Å².